The average Bonchev–Trinajstić information content (AvgIpc) is 3.50. The van der Waals surface area contributed by atoms with Crippen LogP contribution in [0.25, 0.3) is 0 Å². The average molecular weight is 652 g/mol. The molecular weight excluding hydrogens is 610 g/mol. The minimum absolute atomic E-state index is 0.0415. The van der Waals surface area contributed by atoms with Gasteiger partial charge in [0.25, 0.3) is 0 Å². The van der Waals surface area contributed by atoms with Gasteiger partial charge in [-0.1, -0.05) is 60.7 Å². The van der Waals surface area contributed by atoms with E-state index in [9.17, 15) is 19.5 Å². The maximum atomic E-state index is 14.0. The predicted molar refractivity (Wildman–Crippen MR) is 184 cm³/mol. The number of anilines is 2. The molecular formula is C38H41N3O7. The Bertz CT molecular complexity index is 1710. The summed E-state index contributed by atoms with van der Waals surface area (Å²) in [4.78, 5) is 40.0. The number of hydrogen-bond acceptors (Lipinski definition) is 6. The van der Waals surface area contributed by atoms with Gasteiger partial charge in [-0.05, 0) is 79.3 Å². The van der Waals surface area contributed by atoms with Gasteiger partial charge < -0.3 is 34.9 Å². The molecule has 0 spiro atoms. The zero-order valence-corrected chi connectivity index (χ0v) is 27.2. The molecule has 5 rings (SSSR count). The van der Waals surface area contributed by atoms with Crippen molar-refractivity contribution in [3.63, 3.8) is 0 Å². The van der Waals surface area contributed by atoms with Gasteiger partial charge in [-0.3, -0.25) is 4.79 Å². The zero-order valence-electron chi connectivity index (χ0n) is 27.2. The summed E-state index contributed by atoms with van der Waals surface area (Å²) in [5.74, 6) is -0.215. The first-order chi connectivity index (χ1) is 23.3. The predicted octanol–water partition coefficient (Wildman–Crippen LogP) is 6.93. The van der Waals surface area contributed by atoms with Gasteiger partial charge in [-0.2, -0.15) is 0 Å². The standard InChI is InChI=1S/C38H41N3O7/c1-26-9-6-7-14-33(26)39-38(45)40-34-18-15-28(21-35(34)46-2)22-36(42)41-30(19-20-47-24-27-10-4-3-5-11-27)16-17-31(41)25-48-32-13-8-12-29(23-32)37(43)44/h3-15,18,21,23,30-31H,16-17,19-20,22,24-25H2,1-2H3,(H,43,44)(H2,39,40,45)/t30-,31+/m1/s1. The summed E-state index contributed by atoms with van der Waals surface area (Å²) in [6, 6.07) is 28.5. The molecule has 3 N–H and O–H groups in total. The number of aryl methyl sites for hydroxylation is 1. The van der Waals surface area contributed by atoms with E-state index < -0.39 is 12.0 Å². The molecule has 1 aliphatic heterocycles. The van der Waals surface area contributed by atoms with Crippen LogP contribution in [0, 0.1) is 6.92 Å². The number of likely N-dealkylation sites (tertiary alicyclic amines) is 1. The fourth-order valence-electron chi connectivity index (χ4n) is 5.91. The number of para-hydroxylation sites is 1. The summed E-state index contributed by atoms with van der Waals surface area (Å²) in [6.07, 6.45) is 2.34. The lowest BCUT2D eigenvalue weighted by molar-refractivity contribution is -0.134. The normalized spacial score (nSPS) is 15.5. The zero-order chi connectivity index (χ0) is 33.9. The van der Waals surface area contributed by atoms with Gasteiger partial charge in [0.2, 0.25) is 5.91 Å². The van der Waals surface area contributed by atoms with Gasteiger partial charge in [0.15, 0.2) is 0 Å². The lowest BCUT2D eigenvalue weighted by Crippen LogP contribution is -2.45. The number of ether oxygens (including phenoxy) is 3. The molecule has 4 aromatic rings. The Hall–Kier alpha value is -5.35. The Labute approximate surface area is 280 Å². The maximum absolute atomic E-state index is 14.0. The first kappa shape index (κ1) is 34.0. The SMILES string of the molecule is COc1cc(CC(=O)N2[C@@H](CCOCc3ccccc3)CC[C@H]2COc2cccc(C(=O)O)c2)ccc1NC(=O)Nc1ccccc1C. The topological polar surface area (TPSA) is 126 Å². The monoisotopic (exact) mass is 651 g/mol. The number of hydrogen-bond donors (Lipinski definition) is 3. The summed E-state index contributed by atoms with van der Waals surface area (Å²) in [7, 11) is 1.52. The third kappa shape index (κ3) is 9.13. The van der Waals surface area contributed by atoms with Crippen molar-refractivity contribution in [2.24, 2.45) is 0 Å². The molecule has 10 nitrogen and oxygen atoms in total. The molecule has 0 aliphatic carbocycles. The molecule has 1 fully saturated rings. The van der Waals surface area contributed by atoms with Crippen LogP contribution in [0.15, 0.2) is 97.1 Å². The molecule has 1 aliphatic rings. The van der Waals surface area contributed by atoms with E-state index in [0.717, 1.165) is 29.5 Å². The second kappa shape index (κ2) is 16.5. The molecule has 250 valence electrons. The number of benzene rings is 4. The van der Waals surface area contributed by atoms with Crippen molar-refractivity contribution in [2.45, 2.75) is 51.3 Å². The number of aromatic carboxylic acids is 1. The third-order valence-corrected chi connectivity index (χ3v) is 8.40. The third-order valence-electron chi connectivity index (χ3n) is 8.40. The number of carbonyl (C=O) groups is 3. The molecule has 0 bridgehead atoms. The molecule has 1 heterocycles. The van der Waals surface area contributed by atoms with Crippen molar-refractivity contribution in [1.29, 1.82) is 0 Å². The number of methoxy groups -OCH3 is 1. The van der Waals surface area contributed by atoms with Crippen LogP contribution in [0.1, 0.15) is 46.3 Å². The lowest BCUT2D eigenvalue weighted by atomic mass is 10.1. The summed E-state index contributed by atoms with van der Waals surface area (Å²) in [6.45, 7) is 3.14. The van der Waals surface area contributed by atoms with Crippen molar-refractivity contribution in [2.75, 3.05) is 31.0 Å². The summed E-state index contributed by atoms with van der Waals surface area (Å²) >= 11 is 0. The van der Waals surface area contributed by atoms with Crippen LogP contribution < -0.4 is 20.1 Å². The highest BCUT2D eigenvalue weighted by Gasteiger charge is 2.37. The van der Waals surface area contributed by atoms with Gasteiger partial charge in [-0.25, -0.2) is 9.59 Å². The first-order valence-corrected chi connectivity index (χ1v) is 16.0. The molecule has 2 atom stereocenters. The van der Waals surface area contributed by atoms with Crippen LogP contribution in [0.5, 0.6) is 11.5 Å². The van der Waals surface area contributed by atoms with Crippen LogP contribution in [0.3, 0.4) is 0 Å². The molecule has 0 radical (unpaired) electrons. The second-order valence-corrected chi connectivity index (χ2v) is 11.8. The fourth-order valence-corrected chi connectivity index (χ4v) is 5.91. The number of urea groups is 1. The number of carboxylic acids is 1. The Balaban J connectivity index is 1.25. The smallest absolute Gasteiger partial charge is 0.335 e. The maximum Gasteiger partial charge on any atom is 0.335 e. The largest absolute Gasteiger partial charge is 0.495 e. The van der Waals surface area contributed by atoms with Gasteiger partial charge >= 0.3 is 12.0 Å². The fraction of sp³-hybridized carbons (Fsp3) is 0.289. The molecule has 0 saturated carbocycles. The molecule has 10 heteroatoms. The van der Waals surface area contributed by atoms with E-state index >= 15 is 0 Å². The molecule has 1 saturated heterocycles. The first-order valence-electron chi connectivity index (χ1n) is 16.0. The van der Waals surface area contributed by atoms with Crippen LogP contribution in [-0.4, -0.2) is 60.3 Å². The van der Waals surface area contributed by atoms with E-state index in [1.54, 1.807) is 30.3 Å². The van der Waals surface area contributed by atoms with E-state index in [0.29, 0.717) is 42.5 Å². The summed E-state index contributed by atoms with van der Waals surface area (Å²) < 4.78 is 17.6. The number of amides is 3. The van der Waals surface area contributed by atoms with Crippen LogP contribution >= 0.6 is 0 Å². The van der Waals surface area contributed by atoms with E-state index in [1.165, 1.54) is 19.2 Å². The number of rotatable bonds is 14. The van der Waals surface area contributed by atoms with Gasteiger partial charge in [0.05, 0.1) is 37.4 Å². The summed E-state index contributed by atoms with van der Waals surface area (Å²) in [5, 5.41) is 15.1. The minimum Gasteiger partial charge on any atom is -0.495 e. The van der Waals surface area contributed by atoms with E-state index in [4.69, 9.17) is 14.2 Å². The Morgan fingerprint density at radius 2 is 1.58 bits per heavy atom. The number of carbonyl (C=O) groups excluding carboxylic acids is 2. The van der Waals surface area contributed by atoms with Crippen LogP contribution in [0.2, 0.25) is 0 Å². The molecule has 4 aromatic carbocycles. The molecule has 0 unspecified atom stereocenters. The molecule has 3 amide bonds. The highest BCUT2D eigenvalue weighted by atomic mass is 16.5. The Kier molecular flexibility index (Phi) is 11.7. The second-order valence-electron chi connectivity index (χ2n) is 11.8. The van der Waals surface area contributed by atoms with Crippen molar-refractivity contribution in [1.82, 2.24) is 4.90 Å². The van der Waals surface area contributed by atoms with Crippen LogP contribution in [0.4, 0.5) is 16.2 Å². The molecule has 48 heavy (non-hydrogen) atoms. The van der Waals surface area contributed by atoms with Crippen molar-refractivity contribution < 1.29 is 33.7 Å². The van der Waals surface area contributed by atoms with Crippen molar-refractivity contribution >= 4 is 29.3 Å². The quantitative estimate of drug-likeness (QED) is 0.126. The Morgan fingerprint density at radius 1 is 0.833 bits per heavy atom. The highest BCUT2D eigenvalue weighted by molar-refractivity contribution is 6.01. The van der Waals surface area contributed by atoms with Gasteiger partial charge in [-0.15, -0.1) is 0 Å². The van der Waals surface area contributed by atoms with E-state index in [1.807, 2.05) is 66.4 Å². The minimum atomic E-state index is -1.03. The van der Waals surface area contributed by atoms with Crippen LogP contribution in [-0.2, 0) is 22.6 Å². The highest BCUT2D eigenvalue weighted by Crippen LogP contribution is 2.31. The van der Waals surface area contributed by atoms with E-state index in [2.05, 4.69) is 10.6 Å². The Morgan fingerprint density at radius 3 is 2.35 bits per heavy atom. The number of nitrogens with zero attached hydrogens (tertiary/aromatic N) is 1. The number of carboxylic acid groups (broad SMARTS) is 1. The summed E-state index contributed by atoms with van der Waals surface area (Å²) in [5.41, 5.74) is 4.08. The lowest BCUT2D eigenvalue weighted by Gasteiger charge is -2.31. The van der Waals surface area contributed by atoms with Crippen molar-refractivity contribution in [3.8, 4) is 11.5 Å². The van der Waals surface area contributed by atoms with Crippen molar-refractivity contribution in [3.05, 3.63) is 119 Å². The van der Waals surface area contributed by atoms with E-state index in [-0.39, 0.29) is 36.6 Å². The number of nitrogens with one attached hydrogen (secondary N) is 2. The molecule has 0 aromatic heterocycles. The van der Waals surface area contributed by atoms with Gasteiger partial charge in [0, 0.05) is 18.3 Å². The van der Waals surface area contributed by atoms with Gasteiger partial charge in [0.1, 0.15) is 18.1 Å².